The Balaban J connectivity index is 1.28. The van der Waals surface area contributed by atoms with Crippen LogP contribution in [0.3, 0.4) is 0 Å². The summed E-state index contributed by atoms with van der Waals surface area (Å²) in [6.45, 7) is 8.52. The zero-order valence-electron chi connectivity index (χ0n) is 32.8. The Morgan fingerprint density at radius 1 is 0.536 bits per heavy atom. The highest BCUT2D eigenvalue weighted by Crippen LogP contribution is 2.47. The largest absolute Gasteiger partial charge is 0.311 e. The van der Waals surface area contributed by atoms with Gasteiger partial charge in [-0.05, 0) is 122 Å². The quantitative estimate of drug-likeness (QED) is 0.128. The Bertz CT molecular complexity index is 2430. The van der Waals surface area contributed by atoms with E-state index >= 15 is 0 Å². The molecule has 274 valence electrons. The first-order chi connectivity index (χ1) is 27.5. The molecule has 6 aromatic carbocycles. The molecule has 0 saturated heterocycles. The van der Waals surface area contributed by atoms with Gasteiger partial charge in [0, 0.05) is 33.9 Å². The summed E-state index contributed by atoms with van der Waals surface area (Å²) >= 11 is 0. The van der Waals surface area contributed by atoms with Gasteiger partial charge in [0.1, 0.15) is 0 Å². The van der Waals surface area contributed by atoms with E-state index in [-0.39, 0.29) is 0 Å². The van der Waals surface area contributed by atoms with Gasteiger partial charge >= 0.3 is 0 Å². The molecule has 0 radical (unpaired) electrons. The fourth-order valence-corrected chi connectivity index (χ4v) is 7.87. The standard InChI is InChI=1S/C54H48N2/c1-5-16-41(6-2)51-52(44-17-10-7-11-18-44)54(46-21-14-9-15-22-46)56(53(51)45-19-12-8-13-20-45)50-37-29-43(30-38-50)42-27-35-49(36-28-42)55(47-31-23-39(3)24-32-47)48-33-25-40(4)26-34-48/h5-6,8-10,12-38H,7,11H2,1-4H3. The molecule has 0 amide bonds. The lowest BCUT2D eigenvalue weighted by atomic mass is 9.89. The number of benzene rings is 6. The maximum atomic E-state index is 2.50. The van der Waals surface area contributed by atoms with Crippen LogP contribution in [0.15, 0.2) is 194 Å². The van der Waals surface area contributed by atoms with E-state index in [1.807, 2.05) is 0 Å². The van der Waals surface area contributed by atoms with Crippen LogP contribution in [-0.2, 0) is 0 Å². The minimum Gasteiger partial charge on any atom is -0.311 e. The van der Waals surface area contributed by atoms with Crippen LogP contribution in [0.4, 0.5) is 17.1 Å². The molecule has 2 heteroatoms. The number of anilines is 3. The zero-order valence-corrected chi connectivity index (χ0v) is 32.8. The van der Waals surface area contributed by atoms with Crippen molar-refractivity contribution in [1.82, 2.24) is 4.57 Å². The third-order valence-corrected chi connectivity index (χ3v) is 10.7. The average molecular weight is 725 g/mol. The van der Waals surface area contributed by atoms with Crippen LogP contribution in [0.1, 0.15) is 48.9 Å². The van der Waals surface area contributed by atoms with Crippen LogP contribution >= 0.6 is 0 Å². The number of aromatic nitrogens is 1. The van der Waals surface area contributed by atoms with Gasteiger partial charge in [-0.2, -0.15) is 0 Å². The number of hydrogen-bond donors (Lipinski definition) is 0. The van der Waals surface area contributed by atoms with E-state index in [0.717, 1.165) is 35.6 Å². The maximum Gasteiger partial charge on any atom is 0.0619 e. The summed E-state index contributed by atoms with van der Waals surface area (Å²) in [5.74, 6) is 0. The summed E-state index contributed by atoms with van der Waals surface area (Å²) in [6.07, 6.45) is 15.8. The zero-order chi connectivity index (χ0) is 38.4. The van der Waals surface area contributed by atoms with E-state index in [2.05, 4.69) is 231 Å². The van der Waals surface area contributed by atoms with Gasteiger partial charge in [0.2, 0.25) is 0 Å². The molecule has 1 aromatic heterocycles. The summed E-state index contributed by atoms with van der Waals surface area (Å²) in [7, 11) is 0. The number of nitrogens with zero attached hydrogens (tertiary/aromatic N) is 2. The van der Waals surface area contributed by atoms with Gasteiger partial charge in [-0.3, -0.25) is 0 Å². The van der Waals surface area contributed by atoms with Gasteiger partial charge in [0.05, 0.1) is 11.4 Å². The molecule has 1 aliphatic rings. The molecule has 0 bridgehead atoms. The fraction of sp³-hybridized carbons (Fsp3) is 0.111. The molecule has 56 heavy (non-hydrogen) atoms. The van der Waals surface area contributed by atoms with Crippen molar-refractivity contribution in [3.8, 4) is 39.3 Å². The molecule has 0 spiro atoms. The molecule has 7 aromatic rings. The van der Waals surface area contributed by atoms with E-state index < -0.39 is 0 Å². The molecule has 0 unspecified atom stereocenters. The van der Waals surface area contributed by atoms with Crippen LogP contribution < -0.4 is 4.90 Å². The van der Waals surface area contributed by atoms with Crippen LogP contribution in [0.2, 0.25) is 0 Å². The Morgan fingerprint density at radius 2 is 1.04 bits per heavy atom. The van der Waals surface area contributed by atoms with Gasteiger partial charge < -0.3 is 9.47 Å². The lowest BCUT2D eigenvalue weighted by Gasteiger charge is -2.26. The molecule has 2 nitrogen and oxygen atoms in total. The summed E-state index contributed by atoms with van der Waals surface area (Å²) in [5.41, 5.74) is 19.1. The second kappa shape index (κ2) is 16.4. The van der Waals surface area contributed by atoms with Crippen molar-refractivity contribution in [2.45, 2.75) is 40.5 Å². The third kappa shape index (κ3) is 7.27. The van der Waals surface area contributed by atoms with E-state index in [1.54, 1.807) is 0 Å². The molecule has 0 N–H and O–H groups in total. The monoisotopic (exact) mass is 724 g/mol. The van der Waals surface area contributed by atoms with Gasteiger partial charge in [0.25, 0.3) is 0 Å². The Hall–Kier alpha value is -6.64. The third-order valence-electron chi connectivity index (χ3n) is 10.7. The van der Waals surface area contributed by atoms with E-state index in [9.17, 15) is 0 Å². The van der Waals surface area contributed by atoms with Gasteiger partial charge in [-0.15, -0.1) is 0 Å². The number of allylic oxidation sites excluding steroid dienone is 8. The van der Waals surface area contributed by atoms with Gasteiger partial charge in [-0.1, -0.05) is 157 Å². The SMILES string of the molecule is CC=CC(=CC)c1c(C2=CCCC=C2)c(-c2ccccc2)n(-c2ccc(-c3ccc(N(c4ccc(C)cc4)c4ccc(C)cc4)cc3)cc2)c1-c1ccccc1. The average Bonchev–Trinajstić information content (AvgIpc) is 3.61. The van der Waals surface area contributed by atoms with Crippen molar-refractivity contribution in [3.05, 3.63) is 216 Å². The molecule has 1 heterocycles. The van der Waals surface area contributed by atoms with E-state index in [4.69, 9.17) is 0 Å². The van der Waals surface area contributed by atoms with Crippen LogP contribution in [0, 0.1) is 13.8 Å². The van der Waals surface area contributed by atoms with Crippen molar-refractivity contribution in [3.63, 3.8) is 0 Å². The van der Waals surface area contributed by atoms with Crippen molar-refractivity contribution in [2.75, 3.05) is 4.90 Å². The van der Waals surface area contributed by atoms with Crippen molar-refractivity contribution in [2.24, 2.45) is 0 Å². The first-order valence-corrected chi connectivity index (χ1v) is 19.7. The van der Waals surface area contributed by atoms with Crippen LogP contribution in [-0.4, -0.2) is 4.57 Å². The molecular formula is C54H48N2. The number of aryl methyl sites for hydroxylation is 2. The second-order valence-corrected chi connectivity index (χ2v) is 14.5. The maximum absolute atomic E-state index is 2.50. The molecular weight excluding hydrogens is 677 g/mol. The topological polar surface area (TPSA) is 8.17 Å². The summed E-state index contributed by atoms with van der Waals surface area (Å²) < 4.78 is 2.50. The fourth-order valence-electron chi connectivity index (χ4n) is 7.87. The van der Waals surface area contributed by atoms with E-state index in [0.29, 0.717) is 0 Å². The minimum atomic E-state index is 1.03. The van der Waals surface area contributed by atoms with Crippen molar-refractivity contribution >= 4 is 28.2 Å². The molecule has 0 saturated carbocycles. The van der Waals surface area contributed by atoms with Crippen LogP contribution in [0.5, 0.6) is 0 Å². The van der Waals surface area contributed by atoms with Crippen molar-refractivity contribution in [1.29, 1.82) is 0 Å². The van der Waals surface area contributed by atoms with E-state index in [1.165, 1.54) is 67.0 Å². The predicted molar refractivity (Wildman–Crippen MR) is 241 cm³/mol. The molecule has 0 aliphatic heterocycles. The normalized spacial score (nSPS) is 12.9. The highest BCUT2D eigenvalue weighted by Gasteiger charge is 2.28. The van der Waals surface area contributed by atoms with Gasteiger partial charge in [-0.25, -0.2) is 0 Å². The Labute approximate surface area is 332 Å². The van der Waals surface area contributed by atoms with Crippen molar-refractivity contribution < 1.29 is 0 Å². The molecule has 0 atom stereocenters. The first kappa shape index (κ1) is 36.3. The summed E-state index contributed by atoms with van der Waals surface area (Å²) in [4.78, 5) is 2.33. The lowest BCUT2D eigenvalue weighted by molar-refractivity contribution is 1.04. The highest BCUT2D eigenvalue weighted by atomic mass is 15.1. The molecule has 1 aliphatic carbocycles. The highest BCUT2D eigenvalue weighted by molar-refractivity contribution is 6.01. The molecule has 8 rings (SSSR count). The second-order valence-electron chi connectivity index (χ2n) is 14.5. The Kier molecular flexibility index (Phi) is 10.6. The lowest BCUT2D eigenvalue weighted by Crippen LogP contribution is -2.09. The number of rotatable bonds is 10. The summed E-state index contributed by atoms with van der Waals surface area (Å²) in [6, 6.07) is 57.4. The van der Waals surface area contributed by atoms with Crippen LogP contribution in [0.25, 0.3) is 50.5 Å². The minimum absolute atomic E-state index is 1.03. The number of hydrogen-bond acceptors (Lipinski definition) is 1. The molecule has 0 fully saturated rings. The Morgan fingerprint density at radius 3 is 1.52 bits per heavy atom. The first-order valence-electron chi connectivity index (χ1n) is 19.7. The summed E-state index contributed by atoms with van der Waals surface area (Å²) in [5, 5.41) is 0. The smallest absolute Gasteiger partial charge is 0.0619 e. The predicted octanol–water partition coefficient (Wildman–Crippen LogP) is 15.3. The van der Waals surface area contributed by atoms with Gasteiger partial charge in [0.15, 0.2) is 0 Å².